The summed E-state index contributed by atoms with van der Waals surface area (Å²) in [6.45, 7) is 29.0. The first-order valence-electron chi connectivity index (χ1n) is 15.4. The second-order valence-electron chi connectivity index (χ2n) is 16.8. The zero-order chi connectivity index (χ0) is 26.9. The molecule has 0 aromatic heterocycles. The predicted molar refractivity (Wildman–Crippen MR) is 161 cm³/mol. The Morgan fingerprint density at radius 2 is 1.33 bits per heavy atom. The van der Waals surface area contributed by atoms with Crippen molar-refractivity contribution in [1.82, 2.24) is 0 Å². The molecule has 4 rings (SSSR count). The molecule has 0 heterocycles. The Hall–Kier alpha value is 0.531. The predicted octanol–water partition coefficient (Wildman–Crippen LogP) is 9.08. The molecule has 4 aliphatic rings. The van der Waals surface area contributed by atoms with E-state index in [0.717, 1.165) is 23.7 Å². The minimum atomic E-state index is -1.75. The van der Waals surface area contributed by atoms with Crippen molar-refractivity contribution in [2.75, 3.05) is 0 Å². The van der Waals surface area contributed by atoms with Crippen molar-refractivity contribution in [3.05, 3.63) is 0 Å². The summed E-state index contributed by atoms with van der Waals surface area (Å²) < 4.78 is 20.9. The maximum absolute atomic E-state index is 7.36. The second kappa shape index (κ2) is 9.57. The SMILES string of the molecule is C[C@@H](O[Si](C)(C)C)[C@@]1(O[Si](C)(C)C)CC[C@H]2[C@@H]3CC[C@H]4C[C@@H](O[Si](C)(C)C)CC[C@]4(C)[C@H]3CC[C@@]21C. The standard InChI is InChI=1S/C30H60O3Si3/c1-22(31-34(4,5)6)30(33-36(10,11)12)20-17-27-25-14-13-23-21-24(32-35(7,8)9)15-18-28(23,2)26(25)16-19-29(27,30)3/h22-27H,13-21H2,1-12H3/t22-,23+,24+,25-,26+,27+,28+,29+,30+/m1/s1. The van der Waals surface area contributed by atoms with E-state index in [1.54, 1.807) is 0 Å². The summed E-state index contributed by atoms with van der Waals surface area (Å²) in [5.41, 5.74) is 0.623. The Morgan fingerprint density at radius 1 is 0.694 bits per heavy atom. The van der Waals surface area contributed by atoms with Crippen molar-refractivity contribution in [1.29, 1.82) is 0 Å². The Balaban J connectivity index is 1.59. The van der Waals surface area contributed by atoms with Gasteiger partial charge in [0.25, 0.3) is 0 Å². The maximum Gasteiger partial charge on any atom is 0.184 e. The van der Waals surface area contributed by atoms with Crippen LogP contribution in [0.25, 0.3) is 0 Å². The number of rotatable bonds is 7. The Bertz CT molecular complexity index is 799. The molecule has 9 atom stereocenters. The molecule has 6 heteroatoms. The van der Waals surface area contributed by atoms with Crippen LogP contribution in [0.5, 0.6) is 0 Å². The van der Waals surface area contributed by atoms with Gasteiger partial charge >= 0.3 is 0 Å². The molecular weight excluding hydrogens is 493 g/mol. The van der Waals surface area contributed by atoms with E-state index in [1.807, 2.05) is 0 Å². The van der Waals surface area contributed by atoms with E-state index in [4.69, 9.17) is 13.3 Å². The smallest absolute Gasteiger partial charge is 0.184 e. The van der Waals surface area contributed by atoms with Gasteiger partial charge < -0.3 is 13.3 Å². The van der Waals surface area contributed by atoms with Crippen LogP contribution < -0.4 is 0 Å². The summed E-state index contributed by atoms with van der Waals surface area (Å²) in [6.07, 6.45) is 12.8. The summed E-state index contributed by atoms with van der Waals surface area (Å²) >= 11 is 0. The van der Waals surface area contributed by atoms with Crippen LogP contribution in [0.4, 0.5) is 0 Å². The van der Waals surface area contributed by atoms with E-state index in [0.29, 0.717) is 11.5 Å². The second-order valence-corrected chi connectivity index (χ2v) is 30.1. The first kappa shape index (κ1) is 29.5. The molecule has 0 aromatic carbocycles. The van der Waals surface area contributed by atoms with Crippen molar-refractivity contribution in [2.45, 2.75) is 155 Å². The van der Waals surface area contributed by atoms with Gasteiger partial charge in [-0.25, -0.2) is 0 Å². The van der Waals surface area contributed by atoms with E-state index >= 15 is 0 Å². The quantitative estimate of drug-likeness (QED) is 0.295. The molecule has 4 fully saturated rings. The average Bonchev–Trinajstić information content (AvgIpc) is 2.98. The van der Waals surface area contributed by atoms with Crippen LogP contribution in [0.1, 0.15) is 78.6 Å². The number of hydrogen-bond donors (Lipinski definition) is 0. The van der Waals surface area contributed by atoms with E-state index in [2.05, 4.69) is 79.7 Å². The maximum atomic E-state index is 7.36. The summed E-state index contributed by atoms with van der Waals surface area (Å²) in [4.78, 5) is 0. The normalized spacial score (nSPS) is 44.5. The summed E-state index contributed by atoms with van der Waals surface area (Å²) in [5.74, 6) is 3.40. The highest BCUT2D eigenvalue weighted by Crippen LogP contribution is 2.70. The fraction of sp³-hybridized carbons (Fsp3) is 1.00. The summed E-state index contributed by atoms with van der Waals surface area (Å²) in [7, 11) is -4.88. The Labute approximate surface area is 227 Å². The highest BCUT2D eigenvalue weighted by molar-refractivity contribution is 6.70. The molecule has 3 nitrogen and oxygen atoms in total. The Kier molecular flexibility index (Phi) is 7.85. The molecule has 4 saturated carbocycles. The van der Waals surface area contributed by atoms with Gasteiger partial charge in [-0.2, -0.15) is 0 Å². The van der Waals surface area contributed by atoms with Crippen molar-refractivity contribution < 1.29 is 13.3 Å². The lowest BCUT2D eigenvalue weighted by Gasteiger charge is -2.63. The van der Waals surface area contributed by atoms with E-state index in [-0.39, 0.29) is 17.1 Å². The molecule has 0 amide bonds. The van der Waals surface area contributed by atoms with Crippen molar-refractivity contribution in [3.8, 4) is 0 Å². The zero-order valence-electron chi connectivity index (χ0n) is 26.1. The van der Waals surface area contributed by atoms with Crippen LogP contribution in [0, 0.1) is 34.5 Å². The van der Waals surface area contributed by atoms with Gasteiger partial charge in [0.05, 0.1) is 11.7 Å². The molecule has 0 spiro atoms. The number of hydrogen-bond acceptors (Lipinski definition) is 3. The van der Waals surface area contributed by atoms with Gasteiger partial charge in [-0.1, -0.05) is 13.8 Å². The molecule has 0 bridgehead atoms. The lowest BCUT2D eigenvalue weighted by Crippen LogP contribution is -2.63. The molecule has 0 aliphatic heterocycles. The van der Waals surface area contributed by atoms with Gasteiger partial charge in [0.2, 0.25) is 0 Å². The Morgan fingerprint density at radius 3 is 1.92 bits per heavy atom. The molecule has 36 heavy (non-hydrogen) atoms. The third kappa shape index (κ3) is 5.43. The van der Waals surface area contributed by atoms with Gasteiger partial charge in [0.1, 0.15) is 0 Å². The van der Waals surface area contributed by atoms with Crippen molar-refractivity contribution in [2.24, 2.45) is 34.5 Å². The molecule has 210 valence electrons. The molecule has 0 unspecified atom stereocenters. The van der Waals surface area contributed by atoms with Crippen LogP contribution >= 0.6 is 0 Å². The van der Waals surface area contributed by atoms with E-state index < -0.39 is 25.0 Å². The van der Waals surface area contributed by atoms with E-state index in [1.165, 1.54) is 57.8 Å². The van der Waals surface area contributed by atoms with Crippen LogP contribution in [-0.2, 0) is 13.3 Å². The largest absolute Gasteiger partial charge is 0.415 e. The third-order valence-corrected chi connectivity index (χ3v) is 14.1. The minimum absolute atomic E-state index is 0.117. The lowest BCUT2D eigenvalue weighted by atomic mass is 9.44. The van der Waals surface area contributed by atoms with Gasteiger partial charge in [-0.3, -0.25) is 0 Å². The highest BCUT2D eigenvalue weighted by atomic mass is 28.4. The average molecular weight is 553 g/mol. The first-order chi connectivity index (χ1) is 16.3. The monoisotopic (exact) mass is 552 g/mol. The number of fused-ring (bicyclic) bond motifs is 5. The first-order valence-corrected chi connectivity index (χ1v) is 25.6. The summed E-state index contributed by atoms with van der Waals surface area (Å²) in [5, 5.41) is 0. The fourth-order valence-electron chi connectivity index (χ4n) is 9.95. The zero-order valence-corrected chi connectivity index (χ0v) is 29.1. The molecule has 4 aliphatic carbocycles. The lowest BCUT2D eigenvalue weighted by molar-refractivity contribution is -0.175. The molecule has 0 aromatic rings. The van der Waals surface area contributed by atoms with Crippen LogP contribution in [0.15, 0.2) is 0 Å². The van der Waals surface area contributed by atoms with Gasteiger partial charge in [-0.05, 0) is 153 Å². The molecule has 0 N–H and O–H groups in total. The minimum Gasteiger partial charge on any atom is -0.415 e. The van der Waals surface area contributed by atoms with Crippen LogP contribution in [0.2, 0.25) is 58.9 Å². The van der Waals surface area contributed by atoms with Gasteiger partial charge in [0.15, 0.2) is 25.0 Å². The van der Waals surface area contributed by atoms with Gasteiger partial charge in [-0.15, -0.1) is 0 Å². The fourth-order valence-corrected chi connectivity index (χ4v) is 14.0. The van der Waals surface area contributed by atoms with Crippen LogP contribution in [-0.4, -0.2) is 42.8 Å². The van der Waals surface area contributed by atoms with E-state index in [9.17, 15) is 0 Å². The molecule has 0 saturated heterocycles. The highest BCUT2D eigenvalue weighted by Gasteiger charge is 2.67. The molecule has 0 radical (unpaired) electrons. The van der Waals surface area contributed by atoms with Crippen LogP contribution in [0.3, 0.4) is 0 Å². The van der Waals surface area contributed by atoms with Crippen molar-refractivity contribution >= 4 is 25.0 Å². The van der Waals surface area contributed by atoms with Crippen molar-refractivity contribution in [3.63, 3.8) is 0 Å². The third-order valence-electron chi connectivity index (χ3n) is 11.0. The summed E-state index contributed by atoms with van der Waals surface area (Å²) in [6, 6.07) is 0. The molecular formula is C30H60O3Si3. The van der Waals surface area contributed by atoms with Gasteiger partial charge in [0, 0.05) is 11.5 Å². The topological polar surface area (TPSA) is 27.7 Å².